The number of amides is 1. The second-order valence-electron chi connectivity index (χ2n) is 6.71. The van der Waals surface area contributed by atoms with Crippen molar-refractivity contribution in [1.82, 2.24) is 10.2 Å². The van der Waals surface area contributed by atoms with Crippen molar-refractivity contribution in [3.63, 3.8) is 0 Å². The van der Waals surface area contributed by atoms with Gasteiger partial charge in [-0.15, -0.1) is 0 Å². The van der Waals surface area contributed by atoms with Crippen molar-refractivity contribution >= 4 is 17.5 Å². The van der Waals surface area contributed by atoms with Gasteiger partial charge in [0.05, 0.1) is 19.7 Å². The van der Waals surface area contributed by atoms with Crippen molar-refractivity contribution in [2.75, 3.05) is 20.2 Å². The number of carbonyl (C=O) groups is 1. The molecule has 138 valence electrons. The molecule has 1 saturated heterocycles. The highest BCUT2D eigenvalue weighted by Gasteiger charge is 2.28. The van der Waals surface area contributed by atoms with E-state index in [-0.39, 0.29) is 18.0 Å². The van der Waals surface area contributed by atoms with Crippen molar-refractivity contribution < 1.29 is 9.53 Å². The zero-order chi connectivity index (χ0) is 18.5. The van der Waals surface area contributed by atoms with Gasteiger partial charge in [0.15, 0.2) is 0 Å². The monoisotopic (exact) mass is 372 g/mol. The lowest BCUT2D eigenvalue weighted by molar-refractivity contribution is -0.123. The van der Waals surface area contributed by atoms with Crippen LogP contribution in [0.25, 0.3) is 0 Å². The molecule has 0 unspecified atom stereocenters. The molecule has 0 aromatic heterocycles. The minimum absolute atomic E-state index is 0.0258. The van der Waals surface area contributed by atoms with Crippen molar-refractivity contribution in [1.29, 1.82) is 0 Å². The van der Waals surface area contributed by atoms with Gasteiger partial charge in [0.1, 0.15) is 5.75 Å². The summed E-state index contributed by atoms with van der Waals surface area (Å²) in [7, 11) is 1.67. The fourth-order valence-corrected chi connectivity index (χ4v) is 3.89. The predicted molar refractivity (Wildman–Crippen MR) is 105 cm³/mol. The lowest BCUT2D eigenvalue weighted by Crippen LogP contribution is -2.38. The van der Waals surface area contributed by atoms with Crippen LogP contribution in [0.4, 0.5) is 0 Å². The molecule has 0 bridgehead atoms. The molecular weight excluding hydrogens is 348 g/mol. The minimum atomic E-state index is -0.113. The number of ether oxygens (including phenoxy) is 1. The molecule has 1 fully saturated rings. The first kappa shape index (κ1) is 18.7. The molecule has 26 heavy (non-hydrogen) atoms. The molecule has 1 amide bonds. The number of rotatable bonds is 6. The molecule has 1 aliphatic rings. The molecule has 1 heterocycles. The van der Waals surface area contributed by atoms with E-state index in [0.717, 1.165) is 30.7 Å². The van der Waals surface area contributed by atoms with E-state index in [2.05, 4.69) is 22.3 Å². The summed E-state index contributed by atoms with van der Waals surface area (Å²) in [6.45, 7) is 3.29. The second-order valence-corrected chi connectivity index (χ2v) is 7.12. The Balaban J connectivity index is 1.61. The third-order valence-corrected chi connectivity index (χ3v) is 5.30. The first-order valence-electron chi connectivity index (χ1n) is 9.00. The van der Waals surface area contributed by atoms with Crippen LogP contribution in [-0.2, 0) is 4.79 Å². The molecule has 1 aliphatic heterocycles. The molecule has 2 aromatic carbocycles. The van der Waals surface area contributed by atoms with E-state index in [4.69, 9.17) is 16.3 Å². The molecule has 2 atom stereocenters. The Morgan fingerprint density at radius 3 is 2.69 bits per heavy atom. The summed E-state index contributed by atoms with van der Waals surface area (Å²) in [6.07, 6.45) is 2.17. The number of benzene rings is 2. The number of halogens is 1. The molecule has 0 spiro atoms. The van der Waals surface area contributed by atoms with Gasteiger partial charge in [-0.05, 0) is 55.6 Å². The molecule has 0 radical (unpaired) electrons. The Labute approximate surface area is 160 Å². The van der Waals surface area contributed by atoms with Crippen LogP contribution >= 0.6 is 11.6 Å². The van der Waals surface area contributed by atoms with Crippen LogP contribution in [-0.4, -0.2) is 31.0 Å². The van der Waals surface area contributed by atoms with E-state index >= 15 is 0 Å². The fourth-order valence-electron chi connectivity index (χ4n) is 3.59. The summed E-state index contributed by atoms with van der Waals surface area (Å²) >= 11 is 6.23. The highest BCUT2D eigenvalue weighted by molar-refractivity contribution is 6.31. The molecular formula is C21H25ClN2O2. The van der Waals surface area contributed by atoms with Crippen LogP contribution in [0.15, 0.2) is 48.5 Å². The van der Waals surface area contributed by atoms with Crippen LogP contribution in [0.2, 0.25) is 5.02 Å². The van der Waals surface area contributed by atoms with Gasteiger partial charge in [0.2, 0.25) is 5.91 Å². The Bertz CT molecular complexity index is 748. The zero-order valence-corrected chi connectivity index (χ0v) is 16.0. The standard InChI is InChI=1S/C21H25ClN2O2/c1-15(18-6-3-4-7-19(18)22)23-21(25)14-24-13-5-8-20(24)16-9-11-17(26-2)12-10-16/h3-4,6-7,9-12,15,20H,5,8,13-14H2,1-2H3,(H,23,25)/t15-,20+/m1/s1. The number of hydrogen-bond acceptors (Lipinski definition) is 3. The quantitative estimate of drug-likeness (QED) is 0.819. The van der Waals surface area contributed by atoms with Crippen LogP contribution in [0.1, 0.15) is 43.0 Å². The lowest BCUT2D eigenvalue weighted by Gasteiger charge is -2.25. The maximum atomic E-state index is 12.6. The number of methoxy groups -OCH3 is 1. The minimum Gasteiger partial charge on any atom is -0.497 e. The van der Waals surface area contributed by atoms with E-state index in [1.165, 1.54) is 5.56 Å². The van der Waals surface area contributed by atoms with Gasteiger partial charge < -0.3 is 10.1 Å². The average Bonchev–Trinajstić information content (AvgIpc) is 3.10. The predicted octanol–water partition coefficient (Wildman–Crippen LogP) is 4.36. The van der Waals surface area contributed by atoms with E-state index in [0.29, 0.717) is 11.6 Å². The molecule has 3 rings (SSSR count). The highest BCUT2D eigenvalue weighted by atomic mass is 35.5. The second kappa shape index (κ2) is 8.56. The summed E-state index contributed by atoms with van der Waals surface area (Å²) in [5, 5.41) is 3.75. The van der Waals surface area contributed by atoms with Crippen LogP contribution in [0, 0.1) is 0 Å². The van der Waals surface area contributed by atoms with E-state index in [1.54, 1.807) is 7.11 Å². The number of carbonyl (C=O) groups excluding carboxylic acids is 1. The van der Waals surface area contributed by atoms with Gasteiger partial charge in [-0.1, -0.05) is 41.9 Å². The molecule has 0 saturated carbocycles. The number of likely N-dealkylation sites (tertiary alicyclic amines) is 1. The Hall–Kier alpha value is -2.04. The molecule has 4 nitrogen and oxygen atoms in total. The van der Waals surface area contributed by atoms with Gasteiger partial charge in [0.25, 0.3) is 0 Å². The lowest BCUT2D eigenvalue weighted by atomic mass is 10.0. The smallest absolute Gasteiger partial charge is 0.234 e. The Morgan fingerprint density at radius 2 is 2.00 bits per heavy atom. The summed E-state index contributed by atoms with van der Waals surface area (Å²) in [5.74, 6) is 0.877. The average molecular weight is 373 g/mol. The Kier molecular flexibility index (Phi) is 6.17. The highest BCUT2D eigenvalue weighted by Crippen LogP contribution is 2.32. The van der Waals surface area contributed by atoms with Crippen LogP contribution in [0.5, 0.6) is 5.75 Å². The van der Waals surface area contributed by atoms with Crippen LogP contribution in [0.3, 0.4) is 0 Å². The third kappa shape index (κ3) is 4.37. The summed E-state index contributed by atoms with van der Waals surface area (Å²) < 4.78 is 5.23. The zero-order valence-electron chi connectivity index (χ0n) is 15.2. The summed E-state index contributed by atoms with van der Waals surface area (Å²) in [4.78, 5) is 14.8. The van der Waals surface area contributed by atoms with Gasteiger partial charge >= 0.3 is 0 Å². The van der Waals surface area contributed by atoms with Gasteiger partial charge in [-0.2, -0.15) is 0 Å². The van der Waals surface area contributed by atoms with E-state index < -0.39 is 0 Å². The maximum Gasteiger partial charge on any atom is 0.234 e. The number of hydrogen-bond donors (Lipinski definition) is 1. The first-order chi connectivity index (χ1) is 12.6. The van der Waals surface area contributed by atoms with Crippen molar-refractivity contribution in [3.8, 4) is 5.75 Å². The number of nitrogens with zero attached hydrogens (tertiary/aromatic N) is 1. The van der Waals surface area contributed by atoms with Gasteiger partial charge in [-0.25, -0.2) is 0 Å². The third-order valence-electron chi connectivity index (χ3n) is 4.96. The normalized spacial score (nSPS) is 18.5. The van der Waals surface area contributed by atoms with E-state index in [1.807, 2.05) is 43.3 Å². The molecule has 2 aromatic rings. The topological polar surface area (TPSA) is 41.6 Å². The number of nitrogens with one attached hydrogen (secondary N) is 1. The Morgan fingerprint density at radius 1 is 1.27 bits per heavy atom. The largest absolute Gasteiger partial charge is 0.497 e. The maximum absolute atomic E-state index is 12.6. The SMILES string of the molecule is COc1ccc([C@@H]2CCCN2CC(=O)N[C@H](C)c2ccccc2Cl)cc1. The molecule has 1 N–H and O–H groups in total. The van der Waals surface area contributed by atoms with Crippen molar-refractivity contribution in [2.24, 2.45) is 0 Å². The van der Waals surface area contributed by atoms with E-state index in [9.17, 15) is 4.79 Å². The summed E-state index contributed by atoms with van der Waals surface area (Å²) in [6, 6.07) is 15.9. The first-order valence-corrected chi connectivity index (χ1v) is 9.38. The van der Waals surface area contributed by atoms with Crippen molar-refractivity contribution in [2.45, 2.75) is 31.8 Å². The van der Waals surface area contributed by atoms with Crippen LogP contribution < -0.4 is 10.1 Å². The van der Waals surface area contributed by atoms with Gasteiger partial charge in [0, 0.05) is 11.1 Å². The fraction of sp³-hybridized carbons (Fsp3) is 0.381. The molecule has 5 heteroatoms. The summed E-state index contributed by atoms with van der Waals surface area (Å²) in [5.41, 5.74) is 2.17. The molecule has 0 aliphatic carbocycles. The van der Waals surface area contributed by atoms with Crippen molar-refractivity contribution in [3.05, 3.63) is 64.7 Å². The van der Waals surface area contributed by atoms with Gasteiger partial charge in [-0.3, -0.25) is 9.69 Å².